The van der Waals surface area contributed by atoms with E-state index < -0.39 is 0 Å². The van der Waals surface area contributed by atoms with Crippen molar-refractivity contribution in [2.24, 2.45) is 5.73 Å². The van der Waals surface area contributed by atoms with Crippen molar-refractivity contribution in [3.8, 4) is 5.75 Å². The fraction of sp³-hybridized carbons (Fsp3) is 0.333. The van der Waals surface area contributed by atoms with Crippen LogP contribution in [0.15, 0.2) is 24.3 Å². The summed E-state index contributed by atoms with van der Waals surface area (Å²) in [6.07, 6.45) is 0.872. The Morgan fingerprint density at radius 2 is 2.20 bits per heavy atom. The van der Waals surface area contributed by atoms with E-state index in [1.807, 2.05) is 19.1 Å². The fourth-order valence-corrected chi connectivity index (χ4v) is 1.75. The molecule has 1 heterocycles. The lowest BCUT2D eigenvalue weighted by molar-refractivity contribution is 0.415. The Hall–Kier alpha value is -1.48. The number of benzene rings is 1. The molecule has 80 valence electrons. The Morgan fingerprint density at radius 3 is 2.87 bits per heavy atom. The molecule has 0 saturated heterocycles. The average molecular weight is 204 g/mol. The second-order valence-electron chi connectivity index (χ2n) is 3.93. The van der Waals surface area contributed by atoms with E-state index in [-0.39, 0.29) is 6.04 Å². The largest absolute Gasteiger partial charge is 0.497 e. The summed E-state index contributed by atoms with van der Waals surface area (Å²) in [6.45, 7) is 2.01. The van der Waals surface area contributed by atoms with Crippen LogP contribution in [0.4, 0.5) is 0 Å². The van der Waals surface area contributed by atoms with Gasteiger partial charge in [0.25, 0.3) is 0 Å². The molecule has 15 heavy (non-hydrogen) atoms. The zero-order valence-corrected chi connectivity index (χ0v) is 9.08. The van der Waals surface area contributed by atoms with Gasteiger partial charge in [0.15, 0.2) is 0 Å². The molecule has 3 N–H and O–H groups in total. The van der Waals surface area contributed by atoms with E-state index in [9.17, 15) is 0 Å². The maximum Gasteiger partial charge on any atom is 0.120 e. The number of aromatic amines is 1. The van der Waals surface area contributed by atoms with Crippen molar-refractivity contribution in [1.29, 1.82) is 0 Å². The lowest BCUT2D eigenvalue weighted by Crippen LogP contribution is -2.17. The Morgan fingerprint density at radius 1 is 1.40 bits per heavy atom. The van der Waals surface area contributed by atoms with Gasteiger partial charge in [0.1, 0.15) is 5.75 Å². The van der Waals surface area contributed by atoms with Crippen molar-refractivity contribution in [3.05, 3.63) is 30.0 Å². The van der Waals surface area contributed by atoms with Gasteiger partial charge in [-0.15, -0.1) is 0 Å². The number of rotatable bonds is 3. The first kappa shape index (κ1) is 10.1. The smallest absolute Gasteiger partial charge is 0.120 e. The van der Waals surface area contributed by atoms with Crippen LogP contribution in [-0.4, -0.2) is 18.1 Å². The topological polar surface area (TPSA) is 51.0 Å². The zero-order chi connectivity index (χ0) is 10.8. The Bertz CT molecular complexity index is 460. The van der Waals surface area contributed by atoms with Gasteiger partial charge in [-0.3, -0.25) is 0 Å². The first-order valence-electron chi connectivity index (χ1n) is 5.10. The third kappa shape index (κ3) is 2.13. The number of hydrogen-bond acceptors (Lipinski definition) is 2. The molecule has 0 bridgehead atoms. The molecule has 3 nitrogen and oxygen atoms in total. The van der Waals surface area contributed by atoms with Crippen molar-refractivity contribution < 1.29 is 4.74 Å². The van der Waals surface area contributed by atoms with Crippen molar-refractivity contribution in [2.45, 2.75) is 19.4 Å². The monoisotopic (exact) mass is 204 g/mol. The van der Waals surface area contributed by atoms with Crippen molar-refractivity contribution in [2.75, 3.05) is 7.11 Å². The molecule has 1 unspecified atom stereocenters. The van der Waals surface area contributed by atoms with Gasteiger partial charge in [0.2, 0.25) is 0 Å². The second kappa shape index (κ2) is 3.95. The molecule has 1 atom stereocenters. The van der Waals surface area contributed by atoms with Crippen LogP contribution >= 0.6 is 0 Å². The number of nitrogens with one attached hydrogen (secondary N) is 1. The molecule has 0 aliphatic heterocycles. The third-order valence-corrected chi connectivity index (χ3v) is 2.43. The Balaban J connectivity index is 2.37. The average Bonchev–Trinajstić information content (AvgIpc) is 2.57. The van der Waals surface area contributed by atoms with E-state index in [1.54, 1.807) is 7.11 Å². The molecule has 0 aliphatic rings. The zero-order valence-electron chi connectivity index (χ0n) is 9.08. The maximum absolute atomic E-state index is 5.76. The molecule has 1 aromatic heterocycles. The predicted molar refractivity (Wildman–Crippen MR) is 62.2 cm³/mol. The SMILES string of the molecule is COc1ccc2cc(CC(C)N)[nH]c2c1. The molecule has 1 aromatic carbocycles. The minimum Gasteiger partial charge on any atom is -0.497 e. The summed E-state index contributed by atoms with van der Waals surface area (Å²) in [5.41, 5.74) is 8.03. The van der Waals surface area contributed by atoms with Gasteiger partial charge in [-0.2, -0.15) is 0 Å². The normalized spacial score (nSPS) is 13.0. The van der Waals surface area contributed by atoms with Crippen molar-refractivity contribution >= 4 is 10.9 Å². The minimum atomic E-state index is 0.181. The van der Waals surface area contributed by atoms with Crippen LogP contribution in [0.2, 0.25) is 0 Å². The van der Waals surface area contributed by atoms with Crippen LogP contribution in [0.3, 0.4) is 0 Å². The quantitative estimate of drug-likeness (QED) is 0.804. The summed E-state index contributed by atoms with van der Waals surface area (Å²) < 4.78 is 5.17. The van der Waals surface area contributed by atoms with E-state index in [2.05, 4.69) is 17.1 Å². The molecule has 2 aromatic rings. The molecule has 0 fully saturated rings. The van der Waals surface area contributed by atoms with E-state index in [4.69, 9.17) is 10.5 Å². The number of aromatic nitrogens is 1. The van der Waals surface area contributed by atoms with Gasteiger partial charge in [-0.05, 0) is 30.5 Å². The number of hydrogen-bond donors (Lipinski definition) is 2. The summed E-state index contributed by atoms with van der Waals surface area (Å²) in [7, 11) is 1.67. The van der Waals surface area contributed by atoms with Crippen molar-refractivity contribution in [1.82, 2.24) is 4.98 Å². The molecule has 2 rings (SSSR count). The highest BCUT2D eigenvalue weighted by molar-refractivity contribution is 5.81. The van der Waals surface area contributed by atoms with Crippen molar-refractivity contribution in [3.63, 3.8) is 0 Å². The highest BCUT2D eigenvalue weighted by Crippen LogP contribution is 2.21. The van der Waals surface area contributed by atoms with E-state index in [0.717, 1.165) is 17.7 Å². The number of nitrogens with two attached hydrogens (primary N) is 1. The highest BCUT2D eigenvalue weighted by Gasteiger charge is 2.03. The first-order chi connectivity index (χ1) is 7.19. The fourth-order valence-electron chi connectivity index (χ4n) is 1.75. The van der Waals surface area contributed by atoms with Gasteiger partial charge >= 0.3 is 0 Å². The first-order valence-corrected chi connectivity index (χ1v) is 5.10. The van der Waals surface area contributed by atoms with E-state index >= 15 is 0 Å². The van der Waals surface area contributed by atoms with Crippen LogP contribution in [0.5, 0.6) is 5.75 Å². The van der Waals surface area contributed by atoms with Gasteiger partial charge in [-0.1, -0.05) is 0 Å². The number of ether oxygens (including phenoxy) is 1. The number of methoxy groups -OCH3 is 1. The molecule has 0 amide bonds. The van der Waals surface area contributed by atoms with E-state index in [1.165, 1.54) is 11.1 Å². The molecule has 0 radical (unpaired) electrons. The van der Waals surface area contributed by atoms with Crippen LogP contribution < -0.4 is 10.5 Å². The van der Waals surface area contributed by atoms with Crippen LogP contribution in [-0.2, 0) is 6.42 Å². The van der Waals surface area contributed by atoms with Crippen LogP contribution in [0.25, 0.3) is 10.9 Å². The lowest BCUT2D eigenvalue weighted by atomic mass is 10.2. The van der Waals surface area contributed by atoms with Gasteiger partial charge in [-0.25, -0.2) is 0 Å². The summed E-state index contributed by atoms with van der Waals surface area (Å²) >= 11 is 0. The summed E-state index contributed by atoms with van der Waals surface area (Å²) in [4.78, 5) is 3.34. The Kier molecular flexibility index (Phi) is 2.64. The second-order valence-corrected chi connectivity index (χ2v) is 3.93. The molecule has 0 saturated carbocycles. The predicted octanol–water partition coefficient (Wildman–Crippen LogP) is 2.07. The third-order valence-electron chi connectivity index (χ3n) is 2.43. The lowest BCUT2D eigenvalue weighted by Gasteiger charge is -2.00. The van der Waals surface area contributed by atoms with Crippen LogP contribution in [0, 0.1) is 0 Å². The Labute approximate surface area is 89.2 Å². The van der Waals surface area contributed by atoms with Crippen LogP contribution in [0.1, 0.15) is 12.6 Å². The molecule has 3 heteroatoms. The highest BCUT2D eigenvalue weighted by atomic mass is 16.5. The summed E-state index contributed by atoms with van der Waals surface area (Å²) in [5.74, 6) is 0.872. The molecular formula is C12H16N2O. The van der Waals surface area contributed by atoms with Gasteiger partial charge < -0.3 is 15.5 Å². The van der Waals surface area contributed by atoms with Gasteiger partial charge in [0.05, 0.1) is 7.11 Å². The molecule has 0 aliphatic carbocycles. The minimum absolute atomic E-state index is 0.181. The van der Waals surface area contributed by atoms with Gasteiger partial charge in [0, 0.05) is 29.7 Å². The summed E-state index contributed by atoms with van der Waals surface area (Å²) in [6, 6.07) is 8.33. The number of H-pyrrole nitrogens is 1. The summed E-state index contributed by atoms with van der Waals surface area (Å²) in [5, 5.41) is 1.20. The molecule has 0 spiro atoms. The van der Waals surface area contributed by atoms with E-state index in [0.29, 0.717) is 0 Å². The maximum atomic E-state index is 5.76. The molecular weight excluding hydrogens is 188 g/mol. The number of fused-ring (bicyclic) bond motifs is 1. The standard InChI is InChI=1S/C12H16N2O/c1-8(13)5-10-6-9-3-4-11(15-2)7-12(9)14-10/h3-4,6-8,14H,5,13H2,1-2H3.